The van der Waals surface area contributed by atoms with Gasteiger partial charge in [-0.05, 0) is 53.4 Å². The Morgan fingerprint density at radius 1 is 1.33 bits per heavy atom. The largest absolute Gasteiger partial charge is 0.313 e. The highest BCUT2D eigenvalue weighted by Gasteiger charge is 2.33. The van der Waals surface area contributed by atoms with Gasteiger partial charge in [0, 0.05) is 34.2 Å². The molecule has 5 heteroatoms. The molecule has 2 heterocycles. The maximum absolute atomic E-state index is 4.79. The quantitative estimate of drug-likeness (QED) is 0.903. The summed E-state index contributed by atoms with van der Waals surface area (Å²) in [5.74, 6) is 0.689. The fourth-order valence-corrected chi connectivity index (χ4v) is 3.40. The van der Waals surface area contributed by atoms with Crippen LogP contribution in [-0.2, 0) is 6.42 Å². The van der Waals surface area contributed by atoms with Crippen LogP contribution in [0.25, 0.3) is 11.5 Å². The van der Waals surface area contributed by atoms with E-state index < -0.39 is 0 Å². The van der Waals surface area contributed by atoms with Crippen molar-refractivity contribution in [1.82, 2.24) is 20.3 Å². The molecule has 3 rings (SSSR count). The molecule has 1 atom stereocenters. The average Bonchev–Trinajstić information content (AvgIpc) is 2.45. The molecule has 1 aliphatic carbocycles. The normalized spacial score (nSPS) is 20.1. The number of aromatic nitrogens is 3. The Kier molecular flexibility index (Phi) is 3.80. The molecule has 110 valence electrons. The van der Waals surface area contributed by atoms with Gasteiger partial charge in [-0.25, -0.2) is 9.97 Å². The first kappa shape index (κ1) is 14.6. The molecule has 0 saturated carbocycles. The van der Waals surface area contributed by atoms with E-state index in [-0.39, 0.29) is 5.41 Å². The molecular formula is C16H19BrN4. The first-order valence-electron chi connectivity index (χ1n) is 7.14. The Bertz CT molecular complexity index is 669. The Morgan fingerprint density at radius 2 is 2.14 bits per heavy atom. The van der Waals surface area contributed by atoms with E-state index in [0.717, 1.165) is 28.7 Å². The predicted octanol–water partition coefficient (Wildman–Crippen LogP) is 3.53. The zero-order valence-corrected chi connectivity index (χ0v) is 14.1. The number of fused-ring (bicyclic) bond motifs is 1. The van der Waals surface area contributed by atoms with E-state index in [9.17, 15) is 0 Å². The van der Waals surface area contributed by atoms with Crippen molar-refractivity contribution in [3.8, 4) is 11.5 Å². The summed E-state index contributed by atoms with van der Waals surface area (Å²) in [5, 5.41) is 3.38. The molecule has 2 aromatic heterocycles. The monoisotopic (exact) mass is 346 g/mol. The smallest absolute Gasteiger partial charge is 0.179 e. The van der Waals surface area contributed by atoms with E-state index in [4.69, 9.17) is 4.98 Å². The van der Waals surface area contributed by atoms with Crippen molar-refractivity contribution in [3.63, 3.8) is 0 Å². The van der Waals surface area contributed by atoms with Crippen LogP contribution in [0.3, 0.4) is 0 Å². The van der Waals surface area contributed by atoms with Crippen molar-refractivity contribution in [3.05, 3.63) is 40.3 Å². The minimum Gasteiger partial charge on any atom is -0.313 e. The highest BCUT2D eigenvalue weighted by molar-refractivity contribution is 9.10. The number of hydrogen-bond acceptors (Lipinski definition) is 4. The SMILES string of the molecule is CNC1CC(C)(C)Cc2nc(-c3ncccc3Br)ncc21. The van der Waals surface area contributed by atoms with Gasteiger partial charge < -0.3 is 5.32 Å². The van der Waals surface area contributed by atoms with Crippen LogP contribution in [0.4, 0.5) is 0 Å². The Morgan fingerprint density at radius 3 is 2.86 bits per heavy atom. The van der Waals surface area contributed by atoms with Gasteiger partial charge in [-0.3, -0.25) is 4.98 Å². The van der Waals surface area contributed by atoms with Crippen LogP contribution in [-0.4, -0.2) is 22.0 Å². The molecule has 2 aromatic rings. The molecule has 0 saturated heterocycles. The summed E-state index contributed by atoms with van der Waals surface area (Å²) in [7, 11) is 2.00. The summed E-state index contributed by atoms with van der Waals surface area (Å²) in [6, 6.07) is 4.18. The van der Waals surface area contributed by atoms with E-state index in [2.05, 4.69) is 45.1 Å². The van der Waals surface area contributed by atoms with Crippen LogP contribution in [0.2, 0.25) is 0 Å². The van der Waals surface area contributed by atoms with Crippen LogP contribution < -0.4 is 5.32 Å². The maximum Gasteiger partial charge on any atom is 0.179 e. The molecule has 1 aliphatic rings. The summed E-state index contributed by atoms with van der Waals surface area (Å²) >= 11 is 3.52. The zero-order valence-electron chi connectivity index (χ0n) is 12.5. The van der Waals surface area contributed by atoms with Gasteiger partial charge in [-0.1, -0.05) is 13.8 Å². The van der Waals surface area contributed by atoms with Gasteiger partial charge in [0.15, 0.2) is 5.82 Å². The van der Waals surface area contributed by atoms with Gasteiger partial charge in [-0.15, -0.1) is 0 Å². The lowest BCUT2D eigenvalue weighted by Gasteiger charge is -2.36. The molecule has 4 nitrogen and oxygen atoms in total. The zero-order chi connectivity index (χ0) is 15.0. The lowest BCUT2D eigenvalue weighted by atomic mass is 9.74. The highest BCUT2D eigenvalue weighted by atomic mass is 79.9. The molecule has 0 amide bonds. The number of pyridine rings is 1. The van der Waals surface area contributed by atoms with Gasteiger partial charge in [0.25, 0.3) is 0 Å². The average molecular weight is 347 g/mol. The number of rotatable bonds is 2. The molecule has 0 spiro atoms. The fraction of sp³-hybridized carbons (Fsp3) is 0.438. The second kappa shape index (κ2) is 5.46. The fourth-order valence-electron chi connectivity index (χ4n) is 2.97. The lowest BCUT2D eigenvalue weighted by molar-refractivity contribution is 0.260. The first-order valence-corrected chi connectivity index (χ1v) is 7.93. The number of nitrogens with one attached hydrogen (secondary N) is 1. The van der Waals surface area contributed by atoms with Crippen LogP contribution in [0.1, 0.15) is 37.6 Å². The van der Waals surface area contributed by atoms with Crippen molar-refractivity contribution >= 4 is 15.9 Å². The minimum atomic E-state index is 0.244. The van der Waals surface area contributed by atoms with E-state index in [1.54, 1.807) is 6.20 Å². The molecule has 21 heavy (non-hydrogen) atoms. The molecule has 1 unspecified atom stereocenters. The van der Waals surface area contributed by atoms with Crippen molar-refractivity contribution < 1.29 is 0 Å². The standard InChI is InChI=1S/C16H19BrN4/c1-16(2)7-12(18-3)10-9-20-15(21-13(10)8-16)14-11(17)5-4-6-19-14/h4-6,9,12,18H,7-8H2,1-3H3. The van der Waals surface area contributed by atoms with Crippen molar-refractivity contribution in [2.45, 2.75) is 32.7 Å². The van der Waals surface area contributed by atoms with Crippen LogP contribution in [0, 0.1) is 5.41 Å². The van der Waals surface area contributed by atoms with Gasteiger partial charge in [0.1, 0.15) is 5.69 Å². The van der Waals surface area contributed by atoms with Gasteiger partial charge >= 0.3 is 0 Å². The predicted molar refractivity (Wildman–Crippen MR) is 86.9 cm³/mol. The summed E-state index contributed by atoms with van der Waals surface area (Å²) < 4.78 is 0.921. The Balaban J connectivity index is 2.07. The van der Waals surface area contributed by atoms with E-state index in [1.165, 1.54) is 5.56 Å². The third-order valence-electron chi connectivity index (χ3n) is 4.00. The van der Waals surface area contributed by atoms with Crippen LogP contribution in [0.5, 0.6) is 0 Å². The van der Waals surface area contributed by atoms with Crippen LogP contribution >= 0.6 is 15.9 Å². The molecule has 1 N–H and O–H groups in total. The molecule has 0 aromatic carbocycles. The molecular weight excluding hydrogens is 328 g/mol. The molecule has 0 aliphatic heterocycles. The Hall–Kier alpha value is -1.33. The van der Waals surface area contributed by atoms with E-state index in [1.807, 2.05) is 25.4 Å². The minimum absolute atomic E-state index is 0.244. The lowest BCUT2D eigenvalue weighted by Crippen LogP contribution is -2.32. The summed E-state index contributed by atoms with van der Waals surface area (Å²) in [4.78, 5) is 13.7. The van der Waals surface area contributed by atoms with Crippen molar-refractivity contribution in [1.29, 1.82) is 0 Å². The van der Waals surface area contributed by atoms with Crippen molar-refractivity contribution in [2.24, 2.45) is 5.41 Å². The van der Waals surface area contributed by atoms with Gasteiger partial charge in [-0.2, -0.15) is 0 Å². The number of hydrogen-bond donors (Lipinski definition) is 1. The van der Waals surface area contributed by atoms with E-state index in [0.29, 0.717) is 11.9 Å². The Labute approximate surface area is 133 Å². The van der Waals surface area contributed by atoms with Gasteiger partial charge in [0.05, 0.1) is 0 Å². The third kappa shape index (κ3) is 2.85. The van der Waals surface area contributed by atoms with Crippen LogP contribution in [0.15, 0.2) is 29.0 Å². The topological polar surface area (TPSA) is 50.7 Å². The first-order chi connectivity index (χ1) is 10.00. The molecule has 0 bridgehead atoms. The maximum atomic E-state index is 4.79. The molecule has 0 radical (unpaired) electrons. The molecule has 0 fully saturated rings. The number of halogens is 1. The summed E-state index contributed by atoms with van der Waals surface area (Å²) in [6.45, 7) is 4.58. The third-order valence-corrected chi connectivity index (χ3v) is 4.64. The second-order valence-corrected chi connectivity index (χ2v) is 7.17. The summed E-state index contributed by atoms with van der Waals surface area (Å²) in [6.07, 6.45) is 5.80. The summed E-state index contributed by atoms with van der Waals surface area (Å²) in [5.41, 5.74) is 3.39. The van der Waals surface area contributed by atoms with Crippen molar-refractivity contribution in [2.75, 3.05) is 7.05 Å². The van der Waals surface area contributed by atoms with Gasteiger partial charge in [0.2, 0.25) is 0 Å². The highest BCUT2D eigenvalue weighted by Crippen LogP contribution is 2.40. The number of nitrogens with zero attached hydrogens (tertiary/aromatic N) is 3. The second-order valence-electron chi connectivity index (χ2n) is 6.32. The van der Waals surface area contributed by atoms with E-state index >= 15 is 0 Å².